The monoisotopic (exact) mass is 158 g/mol. The first-order chi connectivity index (χ1) is 5.26. The fourth-order valence-electron chi connectivity index (χ4n) is 2.14. The van der Waals surface area contributed by atoms with Gasteiger partial charge in [-0.2, -0.15) is 0 Å². The predicted octanol–water partition coefficient (Wildman–Crippen LogP) is 1.29. The zero-order valence-electron chi connectivity index (χ0n) is 8.89. The van der Waals surface area contributed by atoms with E-state index in [1.54, 1.807) is 5.31 Å². The Kier molecular flexibility index (Phi) is 1.69. The zero-order valence-corrected chi connectivity index (χ0v) is 7.89. The number of rotatable bonds is 0. The summed E-state index contributed by atoms with van der Waals surface area (Å²) in [5, 5.41) is 11.2. The molecule has 1 aliphatic rings. The van der Waals surface area contributed by atoms with Crippen LogP contribution in [0.1, 0.15) is 40.5 Å². The van der Waals surface area contributed by atoms with Crippen LogP contribution in [0.3, 0.4) is 0 Å². The molecule has 0 aliphatic carbocycles. The summed E-state index contributed by atoms with van der Waals surface area (Å²) >= 11 is 0. The van der Waals surface area contributed by atoms with Gasteiger partial charge in [0.05, 0.1) is 6.10 Å². The molecule has 11 heavy (non-hydrogen) atoms. The maximum absolute atomic E-state index is 9.59. The number of nitrogens with one attached hydrogen (secondary N) is 1. The van der Waals surface area contributed by atoms with E-state index in [0.717, 1.165) is 0 Å². The third-order valence-electron chi connectivity index (χ3n) is 2.08. The van der Waals surface area contributed by atoms with E-state index in [2.05, 4.69) is 0 Å². The lowest BCUT2D eigenvalue weighted by Gasteiger charge is -2.44. The number of aliphatic hydroxyl groups excluding tert-OH is 1. The highest BCUT2D eigenvalue weighted by Crippen LogP contribution is 2.27. The summed E-state index contributed by atoms with van der Waals surface area (Å²) in [5.41, 5.74) is -0.414. The van der Waals surface area contributed by atoms with Crippen molar-refractivity contribution >= 4 is 0 Å². The Morgan fingerprint density at radius 1 is 1.27 bits per heavy atom. The van der Waals surface area contributed by atoms with Crippen LogP contribution in [0.15, 0.2) is 0 Å². The first-order valence-electron chi connectivity index (χ1n) is 4.68. The van der Waals surface area contributed by atoms with Gasteiger partial charge in [-0.1, -0.05) is 0 Å². The molecule has 2 heteroatoms. The van der Waals surface area contributed by atoms with E-state index >= 15 is 0 Å². The van der Waals surface area contributed by atoms with Gasteiger partial charge in [-0.25, -0.2) is 0 Å². The molecule has 0 atom stereocenters. The molecule has 66 valence electrons. The number of hydrogen-bond donors (Lipinski definition) is 2. The Balaban J connectivity index is 2.84. The van der Waals surface area contributed by atoms with E-state index in [4.69, 9.17) is 1.41 Å². The van der Waals surface area contributed by atoms with Crippen LogP contribution in [0.2, 0.25) is 1.41 Å². The van der Waals surface area contributed by atoms with E-state index in [1.165, 1.54) is 0 Å². The second-order valence-corrected chi connectivity index (χ2v) is 4.80. The summed E-state index contributed by atoms with van der Waals surface area (Å²) in [4.78, 5) is 0. The fourth-order valence-corrected chi connectivity index (χ4v) is 2.14. The van der Waals surface area contributed by atoms with E-state index in [0.29, 0.717) is 12.8 Å². The number of piperidine rings is 1. The molecule has 1 saturated heterocycles. The van der Waals surface area contributed by atoms with Crippen molar-refractivity contribution in [2.24, 2.45) is 0 Å². The molecule has 0 spiro atoms. The summed E-state index contributed by atoms with van der Waals surface area (Å²) in [6, 6.07) is 0. The van der Waals surface area contributed by atoms with Crippen molar-refractivity contribution in [3.63, 3.8) is 0 Å². The van der Waals surface area contributed by atoms with Gasteiger partial charge < -0.3 is 10.4 Å². The van der Waals surface area contributed by atoms with Crippen LogP contribution in [0.5, 0.6) is 0 Å². The van der Waals surface area contributed by atoms with Gasteiger partial charge in [-0.05, 0) is 40.5 Å². The second-order valence-electron chi connectivity index (χ2n) is 4.80. The minimum absolute atomic E-state index is 0.207. The van der Waals surface area contributed by atoms with E-state index in [-0.39, 0.29) is 17.2 Å². The largest absolute Gasteiger partial charge is 0.393 e. The molecule has 2 N–H and O–H groups in total. The fraction of sp³-hybridized carbons (Fsp3) is 1.00. The van der Waals surface area contributed by atoms with Gasteiger partial charge in [0, 0.05) is 11.1 Å². The summed E-state index contributed by atoms with van der Waals surface area (Å²) in [6.07, 6.45) is 1.14. The van der Waals surface area contributed by atoms with Crippen LogP contribution in [0, 0.1) is 0 Å². The molecule has 0 unspecified atom stereocenters. The molecule has 0 radical (unpaired) electrons. The maximum atomic E-state index is 9.59. The van der Waals surface area contributed by atoms with Crippen LogP contribution in [-0.2, 0) is 0 Å². The molecule has 0 aromatic carbocycles. The van der Waals surface area contributed by atoms with Gasteiger partial charge in [0.15, 0.2) is 0 Å². The Morgan fingerprint density at radius 3 is 2.00 bits per heavy atom. The Morgan fingerprint density at radius 2 is 1.64 bits per heavy atom. The van der Waals surface area contributed by atoms with Crippen molar-refractivity contribution < 1.29 is 6.52 Å². The maximum Gasteiger partial charge on any atom is 0.123 e. The molecule has 0 aromatic rings. The third-order valence-corrected chi connectivity index (χ3v) is 2.08. The standard InChI is InChI=1S/C9H19NO/c1-8(2)5-7(11)6-9(3,4)10-8/h7,10-11H,5-6H2,1-4H3/i/hD. The van der Waals surface area contributed by atoms with Crippen molar-refractivity contribution in [3.05, 3.63) is 0 Å². The van der Waals surface area contributed by atoms with Crippen molar-refractivity contribution in [2.75, 3.05) is 0 Å². The summed E-state index contributed by atoms with van der Waals surface area (Å²) in [6.45, 7) is 8.02. The van der Waals surface area contributed by atoms with Crippen LogP contribution in [-0.4, -0.2) is 22.3 Å². The molecule has 2 nitrogen and oxygen atoms in total. The van der Waals surface area contributed by atoms with Crippen molar-refractivity contribution in [3.8, 4) is 0 Å². The molecule has 1 aliphatic heterocycles. The van der Waals surface area contributed by atoms with E-state index in [9.17, 15) is 5.11 Å². The zero-order chi connectivity index (χ0) is 9.57. The second kappa shape index (κ2) is 2.46. The lowest BCUT2D eigenvalue weighted by atomic mass is 9.81. The first kappa shape index (κ1) is 7.56. The first-order valence-corrected chi connectivity index (χ1v) is 4.23. The lowest BCUT2D eigenvalue weighted by molar-refractivity contribution is 0.0396. The molecule has 1 heterocycles. The molecule has 1 rings (SSSR count). The minimum Gasteiger partial charge on any atom is -0.393 e. The van der Waals surface area contributed by atoms with Gasteiger partial charge in [0.1, 0.15) is 1.41 Å². The van der Waals surface area contributed by atoms with Crippen molar-refractivity contribution in [1.82, 2.24) is 5.31 Å². The Labute approximate surface area is 70.5 Å². The molecule has 1 fully saturated rings. The summed E-state index contributed by atoms with van der Waals surface area (Å²) in [5.74, 6) is 0. The highest BCUT2D eigenvalue weighted by Gasteiger charge is 2.36. The van der Waals surface area contributed by atoms with Crippen LogP contribution in [0.4, 0.5) is 0 Å². The van der Waals surface area contributed by atoms with E-state index < -0.39 is 0 Å². The lowest BCUT2D eigenvalue weighted by Crippen LogP contribution is -2.59. The van der Waals surface area contributed by atoms with E-state index in [1.807, 2.05) is 27.7 Å². The average Bonchev–Trinajstić information content (AvgIpc) is 1.80. The molecule has 0 aromatic heterocycles. The highest BCUT2D eigenvalue weighted by atomic mass is 16.3. The van der Waals surface area contributed by atoms with Gasteiger partial charge in [0.25, 0.3) is 0 Å². The molecule has 0 saturated carbocycles. The molecule has 0 bridgehead atoms. The predicted molar refractivity (Wildman–Crippen MR) is 46.5 cm³/mol. The summed E-state index contributed by atoms with van der Waals surface area (Å²) < 4.78 is 7.89. The quantitative estimate of drug-likeness (QED) is 0.557. The molecule has 0 amide bonds. The smallest absolute Gasteiger partial charge is 0.123 e. The number of hydrogen-bond acceptors (Lipinski definition) is 2. The highest BCUT2D eigenvalue weighted by molar-refractivity contribution is 4.96. The average molecular weight is 158 g/mol. The number of aliphatic hydroxyl groups is 1. The van der Waals surface area contributed by atoms with Crippen molar-refractivity contribution in [1.29, 1.82) is 0 Å². The topological polar surface area (TPSA) is 32.3 Å². The third kappa shape index (κ3) is 2.46. The Bertz CT molecular complexity index is 161. The SMILES string of the molecule is [2H]N1C(C)(C)CC(O)CC1(C)C. The van der Waals surface area contributed by atoms with Gasteiger partial charge in [-0.15, -0.1) is 0 Å². The minimum atomic E-state index is -0.253. The molecular weight excluding hydrogens is 138 g/mol. The Hall–Kier alpha value is -0.0800. The van der Waals surface area contributed by atoms with Gasteiger partial charge in [0.2, 0.25) is 0 Å². The normalized spacial score (nSPS) is 33.4. The summed E-state index contributed by atoms with van der Waals surface area (Å²) in [7, 11) is 0. The van der Waals surface area contributed by atoms with Crippen LogP contribution >= 0.6 is 0 Å². The van der Waals surface area contributed by atoms with Crippen molar-refractivity contribution in [2.45, 2.75) is 57.7 Å². The molecular formula is C9H19NO. The van der Waals surface area contributed by atoms with Gasteiger partial charge in [-0.3, -0.25) is 0 Å². The van der Waals surface area contributed by atoms with Crippen LogP contribution in [0.25, 0.3) is 0 Å². The van der Waals surface area contributed by atoms with Gasteiger partial charge >= 0.3 is 0 Å². The van der Waals surface area contributed by atoms with Crippen LogP contribution < -0.4 is 5.31 Å².